The first-order valence-corrected chi connectivity index (χ1v) is 6.45. The Bertz CT molecular complexity index is 754. The summed E-state index contributed by atoms with van der Waals surface area (Å²) >= 11 is 3.34. The number of hydrogen-bond donors (Lipinski definition) is 1. The van der Waals surface area contributed by atoms with Gasteiger partial charge in [-0.25, -0.2) is 4.39 Å². The largest absolute Gasteiger partial charge is 0.398 e. The third-order valence-electron chi connectivity index (χ3n) is 2.66. The second-order valence-electron chi connectivity index (χ2n) is 3.96. The van der Waals surface area contributed by atoms with E-state index in [1.54, 1.807) is 24.4 Å². The van der Waals surface area contributed by atoms with Crippen molar-refractivity contribution in [3.63, 3.8) is 0 Å². The van der Waals surface area contributed by atoms with Crippen molar-refractivity contribution in [1.82, 2.24) is 15.1 Å². The zero-order valence-electron chi connectivity index (χ0n) is 10.0. The average Bonchev–Trinajstić information content (AvgIpc) is 2.88. The van der Waals surface area contributed by atoms with Crippen LogP contribution >= 0.6 is 15.9 Å². The number of nitrogens with zero attached hydrogens (tertiary/aromatic N) is 3. The maximum absolute atomic E-state index is 13.8. The van der Waals surface area contributed by atoms with Crippen LogP contribution in [0.4, 0.5) is 10.1 Å². The molecule has 0 fully saturated rings. The van der Waals surface area contributed by atoms with E-state index in [0.29, 0.717) is 10.2 Å². The van der Waals surface area contributed by atoms with Gasteiger partial charge in [0, 0.05) is 16.4 Å². The van der Waals surface area contributed by atoms with E-state index in [1.807, 2.05) is 0 Å². The van der Waals surface area contributed by atoms with Crippen LogP contribution < -0.4 is 5.73 Å². The molecule has 0 saturated heterocycles. The highest BCUT2D eigenvalue weighted by Crippen LogP contribution is 2.30. The fourth-order valence-corrected chi connectivity index (χ4v) is 2.17. The minimum Gasteiger partial charge on any atom is -0.398 e. The summed E-state index contributed by atoms with van der Waals surface area (Å²) in [5.74, 6) is -0.233. The van der Waals surface area contributed by atoms with E-state index in [-0.39, 0.29) is 23.0 Å². The summed E-state index contributed by atoms with van der Waals surface area (Å²) in [6.45, 7) is 0. The highest BCUT2D eigenvalue weighted by molar-refractivity contribution is 9.10. The molecule has 0 aliphatic heterocycles. The molecular formula is C13H8BrFN4O. The minimum absolute atomic E-state index is 0.0214. The number of hydrogen-bond acceptors (Lipinski definition) is 5. The quantitative estimate of drug-likeness (QED) is 0.727. The van der Waals surface area contributed by atoms with E-state index in [2.05, 4.69) is 31.1 Å². The standard InChI is InChI=1S/C13H8BrFN4O/c14-7-3-2-6-17-11(7)12-18-13(20-19-12)10-8(15)4-1-5-9(10)16/h1-6H,16H2. The van der Waals surface area contributed by atoms with Crippen LogP contribution in [-0.2, 0) is 0 Å². The molecule has 0 aliphatic carbocycles. The highest BCUT2D eigenvalue weighted by Gasteiger charge is 2.18. The van der Waals surface area contributed by atoms with E-state index in [1.165, 1.54) is 12.1 Å². The fraction of sp³-hybridized carbons (Fsp3) is 0. The van der Waals surface area contributed by atoms with Gasteiger partial charge in [-0.1, -0.05) is 11.2 Å². The lowest BCUT2D eigenvalue weighted by atomic mass is 10.1. The average molecular weight is 335 g/mol. The van der Waals surface area contributed by atoms with Crippen molar-refractivity contribution in [2.75, 3.05) is 5.73 Å². The molecule has 1 aromatic carbocycles. The van der Waals surface area contributed by atoms with Crippen LogP contribution in [0.2, 0.25) is 0 Å². The SMILES string of the molecule is Nc1cccc(F)c1-c1nc(-c2ncccc2Br)no1. The van der Waals surface area contributed by atoms with Crippen molar-refractivity contribution in [1.29, 1.82) is 0 Å². The lowest BCUT2D eigenvalue weighted by Crippen LogP contribution is -1.93. The van der Waals surface area contributed by atoms with Gasteiger partial charge in [-0.2, -0.15) is 4.98 Å². The summed E-state index contributed by atoms with van der Waals surface area (Å²) in [6, 6.07) is 7.94. The van der Waals surface area contributed by atoms with Crippen molar-refractivity contribution >= 4 is 21.6 Å². The molecule has 2 heterocycles. The number of aromatic nitrogens is 3. The first-order chi connectivity index (χ1) is 9.66. The van der Waals surface area contributed by atoms with E-state index in [0.717, 1.165) is 0 Å². The summed E-state index contributed by atoms with van der Waals surface area (Å²) in [4.78, 5) is 8.29. The topological polar surface area (TPSA) is 77.8 Å². The monoisotopic (exact) mass is 334 g/mol. The van der Waals surface area contributed by atoms with Crippen LogP contribution in [-0.4, -0.2) is 15.1 Å². The zero-order valence-corrected chi connectivity index (χ0v) is 11.6. The van der Waals surface area contributed by atoms with Gasteiger partial charge in [-0.05, 0) is 40.2 Å². The number of benzene rings is 1. The van der Waals surface area contributed by atoms with E-state index in [9.17, 15) is 4.39 Å². The van der Waals surface area contributed by atoms with Crippen molar-refractivity contribution in [3.05, 3.63) is 46.8 Å². The van der Waals surface area contributed by atoms with Crippen molar-refractivity contribution in [3.8, 4) is 23.0 Å². The highest BCUT2D eigenvalue weighted by atomic mass is 79.9. The van der Waals surface area contributed by atoms with Crippen LogP contribution in [0.25, 0.3) is 23.0 Å². The lowest BCUT2D eigenvalue weighted by Gasteiger charge is -2.00. The first-order valence-electron chi connectivity index (χ1n) is 5.66. The van der Waals surface area contributed by atoms with Crippen molar-refractivity contribution in [2.24, 2.45) is 0 Å². The molecule has 0 radical (unpaired) electrons. The third-order valence-corrected chi connectivity index (χ3v) is 3.30. The summed E-state index contributed by atoms with van der Waals surface area (Å²) in [5.41, 5.74) is 6.58. The van der Waals surface area contributed by atoms with Crippen LogP contribution in [0.15, 0.2) is 45.5 Å². The third kappa shape index (κ3) is 2.16. The van der Waals surface area contributed by atoms with Gasteiger partial charge in [-0.3, -0.25) is 4.98 Å². The minimum atomic E-state index is -0.514. The Morgan fingerprint density at radius 3 is 2.80 bits per heavy atom. The molecule has 0 aliphatic rings. The Morgan fingerprint density at radius 1 is 1.20 bits per heavy atom. The van der Waals surface area contributed by atoms with Crippen LogP contribution in [0.5, 0.6) is 0 Å². The number of nitrogens with two attached hydrogens (primary N) is 1. The molecule has 20 heavy (non-hydrogen) atoms. The molecule has 3 rings (SSSR count). The normalized spacial score (nSPS) is 10.7. The predicted octanol–water partition coefficient (Wildman–Crippen LogP) is 3.28. The molecular weight excluding hydrogens is 327 g/mol. The summed E-state index contributed by atoms with van der Waals surface area (Å²) in [5, 5.41) is 3.81. The molecule has 0 atom stereocenters. The van der Waals surface area contributed by atoms with E-state index in [4.69, 9.17) is 10.3 Å². The Hall–Kier alpha value is -2.28. The number of rotatable bonds is 2. The first kappa shape index (κ1) is 12.7. The maximum Gasteiger partial charge on any atom is 0.263 e. The Labute approximate surface area is 121 Å². The van der Waals surface area contributed by atoms with Crippen molar-refractivity contribution < 1.29 is 8.91 Å². The molecule has 2 N–H and O–H groups in total. The Kier molecular flexibility index (Phi) is 3.19. The van der Waals surface area contributed by atoms with Crippen LogP contribution in [0.1, 0.15) is 0 Å². The Morgan fingerprint density at radius 2 is 2.05 bits per heavy atom. The lowest BCUT2D eigenvalue weighted by molar-refractivity contribution is 0.429. The van der Waals surface area contributed by atoms with Gasteiger partial charge in [0.25, 0.3) is 5.89 Å². The predicted molar refractivity (Wildman–Crippen MR) is 75.0 cm³/mol. The van der Waals surface area contributed by atoms with Gasteiger partial charge in [0.05, 0.1) is 5.56 Å². The van der Waals surface area contributed by atoms with E-state index < -0.39 is 5.82 Å². The van der Waals surface area contributed by atoms with Gasteiger partial charge < -0.3 is 10.3 Å². The fourth-order valence-electron chi connectivity index (χ4n) is 1.74. The van der Waals surface area contributed by atoms with Gasteiger partial charge in [0.2, 0.25) is 5.82 Å². The summed E-state index contributed by atoms with van der Waals surface area (Å²) < 4.78 is 19.6. The summed E-state index contributed by atoms with van der Waals surface area (Å²) in [7, 11) is 0. The molecule has 0 spiro atoms. The number of anilines is 1. The number of pyridine rings is 1. The maximum atomic E-state index is 13.8. The molecule has 2 aromatic heterocycles. The summed E-state index contributed by atoms with van der Waals surface area (Å²) in [6.07, 6.45) is 1.60. The van der Waals surface area contributed by atoms with Gasteiger partial charge in [-0.15, -0.1) is 0 Å². The molecule has 3 aromatic rings. The van der Waals surface area contributed by atoms with Crippen molar-refractivity contribution in [2.45, 2.75) is 0 Å². The Balaban J connectivity index is 2.10. The van der Waals surface area contributed by atoms with Gasteiger partial charge >= 0.3 is 0 Å². The van der Waals surface area contributed by atoms with Gasteiger partial charge in [0.1, 0.15) is 11.5 Å². The molecule has 0 unspecified atom stereocenters. The molecule has 0 saturated carbocycles. The number of halogens is 2. The van der Waals surface area contributed by atoms with Crippen LogP contribution in [0.3, 0.4) is 0 Å². The molecule has 0 amide bonds. The second kappa shape index (κ2) is 5.01. The second-order valence-corrected chi connectivity index (χ2v) is 4.82. The molecule has 100 valence electrons. The molecule has 7 heteroatoms. The van der Waals surface area contributed by atoms with Crippen LogP contribution in [0, 0.1) is 5.82 Å². The smallest absolute Gasteiger partial charge is 0.263 e. The van der Waals surface area contributed by atoms with E-state index >= 15 is 0 Å². The number of nitrogen functional groups attached to an aromatic ring is 1. The zero-order chi connectivity index (χ0) is 14.1. The molecule has 5 nitrogen and oxygen atoms in total. The van der Waals surface area contributed by atoms with Gasteiger partial charge in [0.15, 0.2) is 0 Å². The molecule has 0 bridgehead atoms.